The van der Waals surface area contributed by atoms with Crippen molar-refractivity contribution in [1.82, 2.24) is 4.31 Å². The summed E-state index contributed by atoms with van der Waals surface area (Å²) in [5.41, 5.74) is 0. The lowest BCUT2D eigenvalue weighted by Crippen LogP contribution is -2.41. The number of hydrogen-bond acceptors (Lipinski definition) is 2. The van der Waals surface area contributed by atoms with Crippen molar-refractivity contribution in [1.29, 1.82) is 0 Å². The largest absolute Gasteiger partial charge is 0.214 e. The predicted octanol–water partition coefficient (Wildman–Crippen LogP) is 2.85. The van der Waals surface area contributed by atoms with E-state index in [4.69, 9.17) is 11.6 Å². The molecule has 0 aromatic carbocycles. The highest BCUT2D eigenvalue weighted by molar-refractivity contribution is 7.89. The number of alkyl halides is 1. The quantitative estimate of drug-likeness (QED) is 0.748. The van der Waals surface area contributed by atoms with Gasteiger partial charge in [0.05, 0.1) is 5.75 Å². The smallest absolute Gasteiger partial charge is 0.212 e. The van der Waals surface area contributed by atoms with Crippen molar-refractivity contribution < 1.29 is 8.42 Å². The van der Waals surface area contributed by atoms with E-state index in [0.717, 1.165) is 19.3 Å². The zero-order valence-electron chi connectivity index (χ0n) is 11.1. The normalized spacial score (nSPS) is 31.9. The van der Waals surface area contributed by atoms with Crippen LogP contribution in [0.2, 0.25) is 0 Å². The molecule has 106 valence electrons. The first-order valence-corrected chi connectivity index (χ1v) is 9.24. The van der Waals surface area contributed by atoms with Crippen LogP contribution >= 0.6 is 11.6 Å². The fourth-order valence-corrected chi connectivity index (χ4v) is 6.05. The van der Waals surface area contributed by atoms with Gasteiger partial charge in [-0.25, -0.2) is 8.42 Å². The molecule has 3 nitrogen and oxygen atoms in total. The Balaban J connectivity index is 2.01. The second-order valence-electron chi connectivity index (χ2n) is 5.88. The van der Waals surface area contributed by atoms with Crippen molar-refractivity contribution >= 4 is 21.6 Å². The van der Waals surface area contributed by atoms with Crippen molar-refractivity contribution in [2.75, 3.05) is 18.2 Å². The molecule has 1 heterocycles. The van der Waals surface area contributed by atoms with Crippen molar-refractivity contribution in [3.8, 4) is 0 Å². The SMILES string of the molecule is CC1CCN(S(=O)(=O)CC2CCCCC2)C1CCl. The van der Waals surface area contributed by atoms with E-state index in [0.29, 0.717) is 30.0 Å². The van der Waals surface area contributed by atoms with E-state index in [1.807, 2.05) is 0 Å². The fourth-order valence-electron chi connectivity index (χ4n) is 3.29. The van der Waals surface area contributed by atoms with E-state index in [-0.39, 0.29) is 6.04 Å². The zero-order chi connectivity index (χ0) is 13.2. The molecule has 2 rings (SSSR count). The molecule has 0 aromatic rings. The number of rotatable bonds is 4. The highest BCUT2D eigenvalue weighted by Crippen LogP contribution is 2.31. The highest BCUT2D eigenvalue weighted by atomic mass is 35.5. The summed E-state index contributed by atoms with van der Waals surface area (Å²) in [7, 11) is -3.10. The van der Waals surface area contributed by atoms with Crippen LogP contribution in [0.5, 0.6) is 0 Å². The summed E-state index contributed by atoms with van der Waals surface area (Å²) in [6.45, 7) is 2.76. The highest BCUT2D eigenvalue weighted by Gasteiger charge is 2.39. The third-order valence-corrected chi connectivity index (χ3v) is 6.89. The Morgan fingerprint density at radius 1 is 1.17 bits per heavy atom. The van der Waals surface area contributed by atoms with Crippen molar-refractivity contribution in [2.24, 2.45) is 11.8 Å². The molecule has 2 fully saturated rings. The van der Waals surface area contributed by atoms with Crippen LogP contribution in [-0.2, 0) is 10.0 Å². The van der Waals surface area contributed by atoms with Crippen molar-refractivity contribution in [3.05, 3.63) is 0 Å². The van der Waals surface area contributed by atoms with Crippen LogP contribution in [0.25, 0.3) is 0 Å². The average Bonchev–Trinajstić information content (AvgIpc) is 2.72. The molecule has 2 atom stereocenters. The minimum Gasteiger partial charge on any atom is -0.212 e. The van der Waals surface area contributed by atoms with E-state index in [9.17, 15) is 8.42 Å². The molecule has 2 aliphatic rings. The number of nitrogens with zero attached hydrogens (tertiary/aromatic N) is 1. The molecule has 18 heavy (non-hydrogen) atoms. The Morgan fingerprint density at radius 2 is 1.83 bits per heavy atom. The standard InChI is InChI=1S/C13H24ClNO2S/c1-11-7-8-15(13(11)9-14)18(16,17)10-12-5-3-2-4-6-12/h11-13H,2-10H2,1H3. The van der Waals surface area contributed by atoms with Gasteiger partial charge in [0.25, 0.3) is 0 Å². The Morgan fingerprint density at radius 3 is 2.44 bits per heavy atom. The Kier molecular flexibility index (Phi) is 4.95. The monoisotopic (exact) mass is 293 g/mol. The first kappa shape index (κ1) is 14.6. The first-order valence-electron chi connectivity index (χ1n) is 7.10. The van der Waals surface area contributed by atoms with Gasteiger partial charge in [0.1, 0.15) is 0 Å². The van der Waals surface area contributed by atoms with Gasteiger partial charge in [-0.2, -0.15) is 4.31 Å². The van der Waals surface area contributed by atoms with Crippen LogP contribution in [0.3, 0.4) is 0 Å². The van der Waals surface area contributed by atoms with E-state index >= 15 is 0 Å². The zero-order valence-corrected chi connectivity index (χ0v) is 12.7. The molecule has 5 heteroatoms. The molecule has 2 unspecified atom stereocenters. The van der Waals surface area contributed by atoms with E-state index in [2.05, 4.69) is 6.92 Å². The predicted molar refractivity (Wildman–Crippen MR) is 75.4 cm³/mol. The molecule has 0 radical (unpaired) electrons. The van der Waals surface area contributed by atoms with Gasteiger partial charge in [-0.3, -0.25) is 0 Å². The molecule has 1 aliphatic carbocycles. The maximum absolute atomic E-state index is 12.5. The van der Waals surface area contributed by atoms with Crippen LogP contribution < -0.4 is 0 Å². The summed E-state index contributed by atoms with van der Waals surface area (Å²) in [4.78, 5) is 0. The Bertz CT molecular complexity index is 365. The average molecular weight is 294 g/mol. The minimum absolute atomic E-state index is 0.0141. The third-order valence-electron chi connectivity index (χ3n) is 4.52. The van der Waals surface area contributed by atoms with Crippen LogP contribution in [0.1, 0.15) is 45.4 Å². The summed E-state index contributed by atoms with van der Waals surface area (Å²) in [5.74, 6) is 1.53. The van der Waals surface area contributed by atoms with Crippen LogP contribution in [0, 0.1) is 11.8 Å². The number of sulfonamides is 1. The summed E-state index contributed by atoms with van der Waals surface area (Å²) in [5, 5.41) is 0. The molecule has 1 saturated carbocycles. The van der Waals surface area contributed by atoms with Gasteiger partial charge >= 0.3 is 0 Å². The second-order valence-corrected chi connectivity index (χ2v) is 8.16. The van der Waals surface area contributed by atoms with E-state index < -0.39 is 10.0 Å². The van der Waals surface area contributed by atoms with Crippen LogP contribution in [0.15, 0.2) is 0 Å². The van der Waals surface area contributed by atoms with Crippen LogP contribution in [0.4, 0.5) is 0 Å². The Hall–Kier alpha value is 0.200. The number of hydrogen-bond donors (Lipinski definition) is 0. The van der Waals surface area contributed by atoms with E-state index in [1.54, 1.807) is 4.31 Å². The Labute approximate surface area is 116 Å². The summed E-state index contributed by atoms with van der Waals surface area (Å²) in [6, 6.07) is 0.0141. The molecule has 0 N–H and O–H groups in total. The minimum atomic E-state index is -3.10. The topological polar surface area (TPSA) is 37.4 Å². The second kappa shape index (κ2) is 6.10. The first-order chi connectivity index (χ1) is 8.54. The van der Waals surface area contributed by atoms with E-state index in [1.165, 1.54) is 19.3 Å². The third kappa shape index (κ3) is 3.20. The fraction of sp³-hybridized carbons (Fsp3) is 1.00. The summed E-state index contributed by atoms with van der Waals surface area (Å²) in [6.07, 6.45) is 6.75. The van der Waals surface area contributed by atoms with Gasteiger partial charge in [-0.1, -0.05) is 26.2 Å². The van der Waals surface area contributed by atoms with Gasteiger partial charge in [0, 0.05) is 18.5 Å². The maximum Gasteiger partial charge on any atom is 0.214 e. The van der Waals surface area contributed by atoms with Gasteiger partial charge in [-0.05, 0) is 31.1 Å². The molecule has 0 amide bonds. The summed E-state index contributed by atoms with van der Waals surface area (Å²) >= 11 is 5.94. The summed E-state index contributed by atoms with van der Waals surface area (Å²) < 4.78 is 26.6. The molecule has 1 saturated heterocycles. The molecule has 0 bridgehead atoms. The molecule has 0 spiro atoms. The van der Waals surface area contributed by atoms with Gasteiger partial charge in [0.2, 0.25) is 10.0 Å². The molecular formula is C13H24ClNO2S. The molecule has 0 aromatic heterocycles. The van der Waals surface area contributed by atoms with Gasteiger partial charge in [0.15, 0.2) is 0 Å². The van der Waals surface area contributed by atoms with Crippen molar-refractivity contribution in [3.63, 3.8) is 0 Å². The number of halogens is 1. The van der Waals surface area contributed by atoms with Crippen molar-refractivity contribution in [2.45, 2.75) is 51.5 Å². The van der Waals surface area contributed by atoms with Gasteiger partial charge < -0.3 is 0 Å². The van der Waals surface area contributed by atoms with Gasteiger partial charge in [-0.15, -0.1) is 11.6 Å². The molecular weight excluding hydrogens is 270 g/mol. The lowest BCUT2D eigenvalue weighted by atomic mass is 9.91. The maximum atomic E-state index is 12.5. The van der Waals surface area contributed by atoms with Crippen LogP contribution in [-0.4, -0.2) is 36.9 Å². The lowest BCUT2D eigenvalue weighted by molar-refractivity contribution is 0.351. The lowest BCUT2D eigenvalue weighted by Gasteiger charge is -2.28. The molecule has 1 aliphatic heterocycles.